The van der Waals surface area contributed by atoms with Crippen LogP contribution < -0.4 is 15.8 Å². The van der Waals surface area contributed by atoms with E-state index in [9.17, 15) is 30.2 Å². The summed E-state index contributed by atoms with van der Waals surface area (Å²) in [6.45, 7) is 0. The predicted octanol–water partition coefficient (Wildman–Crippen LogP) is 0.354. The van der Waals surface area contributed by atoms with Gasteiger partial charge in [-0.1, -0.05) is 54.6 Å². The van der Waals surface area contributed by atoms with Crippen LogP contribution in [-0.4, -0.2) is 17.9 Å². The SMILES string of the molecule is O=C(O[O-])c1ccccc1.O=C(O[O-])c1ccccc1.O=C(O[O-])c1ccccc1.[Au+3]. The molecule has 0 saturated heterocycles. The molecule has 0 spiro atoms. The van der Waals surface area contributed by atoms with Crippen LogP contribution in [0.25, 0.3) is 0 Å². The molecule has 9 nitrogen and oxygen atoms in total. The monoisotopic (exact) mass is 608 g/mol. The van der Waals surface area contributed by atoms with E-state index in [0.29, 0.717) is 0 Å². The van der Waals surface area contributed by atoms with Crippen molar-refractivity contribution in [3.8, 4) is 0 Å². The average Bonchev–Trinajstić information content (AvgIpc) is 2.85. The maximum atomic E-state index is 10.5. The zero-order valence-corrected chi connectivity index (χ0v) is 17.8. The van der Waals surface area contributed by atoms with Gasteiger partial charge in [-0.2, -0.15) is 0 Å². The van der Waals surface area contributed by atoms with Crippen LogP contribution in [0.3, 0.4) is 0 Å². The molecule has 3 aromatic rings. The van der Waals surface area contributed by atoms with Crippen LogP contribution >= 0.6 is 0 Å². The van der Waals surface area contributed by atoms with E-state index < -0.39 is 17.9 Å². The van der Waals surface area contributed by atoms with Crippen LogP contribution in [0.4, 0.5) is 0 Å². The van der Waals surface area contributed by atoms with E-state index in [0.717, 1.165) is 0 Å². The van der Waals surface area contributed by atoms with Gasteiger partial charge in [0.1, 0.15) is 0 Å². The zero-order valence-electron chi connectivity index (χ0n) is 15.6. The molecule has 10 heteroatoms. The first-order chi connectivity index (χ1) is 14.5. The molecule has 31 heavy (non-hydrogen) atoms. The Morgan fingerprint density at radius 1 is 0.452 bits per heavy atom. The van der Waals surface area contributed by atoms with Gasteiger partial charge < -0.3 is 30.4 Å². The molecule has 3 aromatic carbocycles. The largest absolute Gasteiger partial charge is 3.00 e. The van der Waals surface area contributed by atoms with E-state index in [1.165, 1.54) is 36.4 Å². The molecule has 3 rings (SSSR count). The number of hydrogen-bond acceptors (Lipinski definition) is 9. The van der Waals surface area contributed by atoms with Crippen LogP contribution in [0.5, 0.6) is 0 Å². The summed E-state index contributed by atoms with van der Waals surface area (Å²) in [5.74, 6) is -2.54. The summed E-state index contributed by atoms with van der Waals surface area (Å²) in [5, 5.41) is 28.7. The molecule has 0 aromatic heterocycles. The van der Waals surface area contributed by atoms with Crippen molar-refractivity contribution in [1.29, 1.82) is 0 Å². The predicted molar refractivity (Wildman–Crippen MR) is 95.6 cm³/mol. The number of hydrogen-bond donors (Lipinski definition) is 0. The molecule has 0 bridgehead atoms. The fourth-order valence-corrected chi connectivity index (χ4v) is 1.87. The van der Waals surface area contributed by atoms with Gasteiger partial charge in [-0.3, -0.25) is 0 Å². The molecule has 0 radical (unpaired) electrons. The van der Waals surface area contributed by atoms with E-state index >= 15 is 0 Å². The van der Waals surface area contributed by atoms with Crippen molar-refractivity contribution in [3.63, 3.8) is 0 Å². The van der Waals surface area contributed by atoms with Gasteiger partial charge in [-0.05, 0) is 36.4 Å². The van der Waals surface area contributed by atoms with Crippen molar-refractivity contribution in [3.05, 3.63) is 108 Å². The third-order valence-electron chi connectivity index (χ3n) is 3.26. The Morgan fingerprint density at radius 2 is 0.645 bits per heavy atom. The molecule has 0 atom stereocenters. The Morgan fingerprint density at radius 3 is 0.806 bits per heavy atom. The minimum Gasteiger partial charge on any atom is -0.661 e. The van der Waals surface area contributed by atoms with Crippen molar-refractivity contribution in [2.45, 2.75) is 0 Å². The van der Waals surface area contributed by atoms with E-state index in [1.54, 1.807) is 54.6 Å². The summed E-state index contributed by atoms with van der Waals surface area (Å²) in [4.78, 5) is 41.2. The number of carbonyl (C=O) groups is 3. The van der Waals surface area contributed by atoms with Crippen molar-refractivity contribution >= 4 is 17.9 Å². The summed E-state index contributed by atoms with van der Waals surface area (Å²) >= 11 is 0. The Balaban J connectivity index is 0.000000429. The van der Waals surface area contributed by atoms with Crippen LogP contribution in [0.1, 0.15) is 31.1 Å². The summed E-state index contributed by atoms with van der Waals surface area (Å²) in [5.41, 5.74) is 0.826. The molecular formula is C21H15AuO9. The van der Waals surface area contributed by atoms with Crippen molar-refractivity contribution in [1.82, 2.24) is 0 Å². The Labute approximate surface area is 192 Å². The Hall–Kier alpha value is -3.31. The molecule has 0 aliphatic heterocycles. The molecule has 164 valence electrons. The minimum atomic E-state index is -0.847. The fraction of sp³-hybridized carbons (Fsp3) is 0. The molecule has 0 unspecified atom stereocenters. The second kappa shape index (κ2) is 16.5. The standard InChI is InChI=1S/3C7H6O3.Au/c3*8-7(10-9)6-4-2-1-3-5-6;/h3*1-5,9H;/q;;;+3/p-3. The molecule has 0 saturated carbocycles. The topological polar surface area (TPSA) is 148 Å². The first-order valence-electron chi connectivity index (χ1n) is 8.21. The Bertz CT molecular complexity index is 781. The summed E-state index contributed by atoms with van der Waals surface area (Å²) in [6, 6.07) is 24.3. The smallest absolute Gasteiger partial charge is 0.661 e. The second-order valence-electron chi connectivity index (χ2n) is 5.21. The molecule has 0 aliphatic carbocycles. The van der Waals surface area contributed by atoms with E-state index in [-0.39, 0.29) is 39.1 Å². The quantitative estimate of drug-likeness (QED) is 0.234. The molecule has 0 heterocycles. The summed E-state index contributed by atoms with van der Waals surface area (Å²) in [7, 11) is 0. The normalized spacial score (nSPS) is 8.61. The first kappa shape index (κ1) is 27.7. The maximum Gasteiger partial charge on any atom is 3.00 e. The third kappa shape index (κ3) is 10.9. The molecule has 0 aliphatic rings. The van der Waals surface area contributed by atoms with Crippen LogP contribution in [0, 0.1) is 0 Å². The third-order valence-corrected chi connectivity index (χ3v) is 3.26. The van der Waals surface area contributed by atoms with E-state index in [2.05, 4.69) is 14.7 Å². The van der Waals surface area contributed by atoms with Crippen LogP contribution in [0.15, 0.2) is 91.0 Å². The van der Waals surface area contributed by atoms with Crippen molar-refractivity contribution < 1.29 is 67.2 Å². The minimum absolute atomic E-state index is 0. The number of carbonyl (C=O) groups excluding carboxylic acids is 3. The fourth-order valence-electron chi connectivity index (χ4n) is 1.87. The molecular weight excluding hydrogens is 593 g/mol. The van der Waals surface area contributed by atoms with Crippen LogP contribution in [0.2, 0.25) is 0 Å². The average molecular weight is 608 g/mol. The van der Waals surface area contributed by atoms with Gasteiger partial charge in [0.15, 0.2) is 0 Å². The molecule has 0 amide bonds. The second-order valence-corrected chi connectivity index (χ2v) is 5.21. The van der Waals surface area contributed by atoms with E-state index in [1.807, 2.05) is 0 Å². The Kier molecular flexibility index (Phi) is 14.7. The van der Waals surface area contributed by atoms with Gasteiger partial charge in [0.2, 0.25) is 0 Å². The van der Waals surface area contributed by atoms with Gasteiger partial charge in [-0.25, -0.2) is 14.4 Å². The maximum absolute atomic E-state index is 10.5. The number of rotatable bonds is 3. The van der Waals surface area contributed by atoms with Gasteiger partial charge >= 0.3 is 40.3 Å². The van der Waals surface area contributed by atoms with Gasteiger partial charge in [0, 0.05) is 0 Å². The summed E-state index contributed by atoms with van der Waals surface area (Å²) in [6.07, 6.45) is 0. The summed E-state index contributed by atoms with van der Waals surface area (Å²) < 4.78 is 0. The first-order valence-corrected chi connectivity index (χ1v) is 8.21. The van der Waals surface area contributed by atoms with Crippen molar-refractivity contribution in [2.75, 3.05) is 0 Å². The van der Waals surface area contributed by atoms with Gasteiger partial charge in [0.05, 0.1) is 16.7 Å². The van der Waals surface area contributed by atoms with E-state index in [4.69, 9.17) is 0 Å². The zero-order chi connectivity index (χ0) is 22.2. The van der Waals surface area contributed by atoms with Gasteiger partial charge in [-0.15, -0.1) is 0 Å². The molecule has 0 fully saturated rings. The number of benzene rings is 3. The molecule has 0 N–H and O–H groups in total. The van der Waals surface area contributed by atoms with Crippen LogP contribution in [-0.2, 0) is 37.0 Å². The van der Waals surface area contributed by atoms with Crippen molar-refractivity contribution in [2.24, 2.45) is 0 Å². The van der Waals surface area contributed by atoms with Gasteiger partial charge in [0.25, 0.3) is 0 Å².